The van der Waals surface area contributed by atoms with Crippen LogP contribution >= 0.6 is 0 Å². The Morgan fingerprint density at radius 3 is 2.19 bits per heavy atom. The minimum atomic E-state index is 0.276. The lowest BCUT2D eigenvalue weighted by Gasteiger charge is -2.18. The normalized spacial score (nSPS) is 13.9. The van der Waals surface area contributed by atoms with Gasteiger partial charge in [-0.05, 0) is 68.0 Å². The fourth-order valence-electron chi connectivity index (χ4n) is 3.06. The molecule has 1 aliphatic carbocycles. The van der Waals surface area contributed by atoms with Crippen LogP contribution < -0.4 is 0 Å². The van der Waals surface area contributed by atoms with Crippen LogP contribution in [-0.2, 0) is 4.74 Å². The van der Waals surface area contributed by atoms with Gasteiger partial charge >= 0.3 is 0 Å². The molecule has 0 N–H and O–H groups in total. The molecule has 0 saturated heterocycles. The van der Waals surface area contributed by atoms with Crippen LogP contribution in [0.5, 0.6) is 0 Å². The molecule has 1 fully saturated rings. The minimum Gasteiger partial charge on any atom is -0.467 e. The molecule has 2 aromatic rings. The van der Waals surface area contributed by atoms with E-state index in [0.717, 1.165) is 29.4 Å². The quantitative estimate of drug-likeness (QED) is 0.350. The van der Waals surface area contributed by atoms with Gasteiger partial charge in [0.25, 0.3) is 0 Å². The molecule has 1 atom stereocenters. The first-order chi connectivity index (χ1) is 14.8. The van der Waals surface area contributed by atoms with Crippen LogP contribution in [-0.4, -0.2) is 0 Å². The maximum atomic E-state index is 5.67. The second-order valence-electron chi connectivity index (χ2n) is 8.43. The van der Waals surface area contributed by atoms with Crippen LogP contribution in [0.2, 0.25) is 0 Å². The number of terminal acetylenes is 1. The Labute approximate surface area is 191 Å². The van der Waals surface area contributed by atoms with Gasteiger partial charge in [0, 0.05) is 11.5 Å². The van der Waals surface area contributed by atoms with Crippen LogP contribution in [0, 0.1) is 32.1 Å². The van der Waals surface area contributed by atoms with Crippen molar-refractivity contribution in [1.29, 1.82) is 0 Å². The molecular formula is C30H40O. The largest absolute Gasteiger partial charge is 0.467 e. The molecule has 0 aliphatic heterocycles. The van der Waals surface area contributed by atoms with E-state index in [1.54, 1.807) is 0 Å². The van der Waals surface area contributed by atoms with E-state index in [1.165, 1.54) is 36.0 Å². The zero-order valence-corrected chi connectivity index (χ0v) is 20.4. The summed E-state index contributed by atoms with van der Waals surface area (Å²) >= 11 is 0. The van der Waals surface area contributed by atoms with Crippen molar-refractivity contribution in [3.8, 4) is 12.3 Å². The first kappa shape index (κ1) is 26.3. The zero-order chi connectivity index (χ0) is 23.2. The Balaban J connectivity index is 0.000000269. The third-order valence-electron chi connectivity index (χ3n) is 5.49. The summed E-state index contributed by atoms with van der Waals surface area (Å²) in [6.07, 6.45) is 12.8. The van der Waals surface area contributed by atoms with E-state index in [4.69, 9.17) is 11.2 Å². The SMILES string of the molecule is C#Cc1ccc(C)c(C)c1.C=C(C)O/C(=C\CC)C(C)c1ccccc1.CC1CCC1. The van der Waals surface area contributed by atoms with Gasteiger partial charge in [-0.15, -0.1) is 6.42 Å². The third kappa shape index (κ3) is 10.2. The summed E-state index contributed by atoms with van der Waals surface area (Å²) in [5.41, 5.74) is 4.78. The van der Waals surface area contributed by atoms with Crippen LogP contribution in [0.25, 0.3) is 0 Å². The standard InChI is InChI=1S/C15H20O.C10H10.C5H10/c1-5-9-15(16-12(2)3)13(4)14-10-7-6-8-11-14;1-4-10-6-5-8(2)9(3)7-10;1-5-3-2-4-5/h6-11,13H,2,5H2,1,3-4H3;1,5-7H,2-3H3;5H,2-4H2,1H3/b15-9-;;. The summed E-state index contributed by atoms with van der Waals surface area (Å²) in [6, 6.07) is 16.4. The molecule has 2 aromatic carbocycles. The molecule has 0 amide bonds. The number of aryl methyl sites for hydroxylation is 2. The molecule has 1 unspecified atom stereocenters. The predicted molar refractivity (Wildman–Crippen MR) is 136 cm³/mol. The zero-order valence-electron chi connectivity index (χ0n) is 20.4. The second-order valence-corrected chi connectivity index (χ2v) is 8.43. The molecule has 0 radical (unpaired) electrons. The molecule has 0 bridgehead atoms. The molecule has 1 aliphatic rings. The van der Waals surface area contributed by atoms with E-state index in [-0.39, 0.29) is 5.92 Å². The smallest absolute Gasteiger partial charge is 0.107 e. The lowest BCUT2D eigenvalue weighted by Crippen LogP contribution is -2.04. The molecule has 3 rings (SSSR count). The minimum absolute atomic E-state index is 0.276. The van der Waals surface area contributed by atoms with Gasteiger partial charge in [-0.2, -0.15) is 0 Å². The van der Waals surface area contributed by atoms with Crippen molar-refractivity contribution in [1.82, 2.24) is 0 Å². The van der Waals surface area contributed by atoms with Gasteiger partial charge < -0.3 is 4.74 Å². The fourth-order valence-corrected chi connectivity index (χ4v) is 3.06. The third-order valence-corrected chi connectivity index (χ3v) is 5.49. The van der Waals surface area contributed by atoms with Crippen LogP contribution in [0.3, 0.4) is 0 Å². The van der Waals surface area contributed by atoms with E-state index >= 15 is 0 Å². The Morgan fingerprint density at radius 2 is 1.77 bits per heavy atom. The van der Waals surface area contributed by atoms with E-state index in [1.807, 2.05) is 31.2 Å². The van der Waals surface area contributed by atoms with Crippen LogP contribution in [0.15, 0.2) is 72.7 Å². The Hall–Kier alpha value is -2.72. The Kier molecular flexibility index (Phi) is 12.2. The van der Waals surface area contributed by atoms with Crippen molar-refractivity contribution in [2.45, 2.75) is 73.1 Å². The highest BCUT2D eigenvalue weighted by Gasteiger charge is 2.12. The molecule has 0 spiro atoms. The highest BCUT2D eigenvalue weighted by atomic mass is 16.5. The summed E-state index contributed by atoms with van der Waals surface area (Å²) in [4.78, 5) is 0. The monoisotopic (exact) mass is 416 g/mol. The lowest BCUT2D eigenvalue weighted by atomic mass is 9.88. The van der Waals surface area contributed by atoms with E-state index < -0.39 is 0 Å². The second kappa shape index (κ2) is 14.3. The first-order valence-corrected chi connectivity index (χ1v) is 11.4. The molecule has 166 valence electrons. The van der Waals surface area contributed by atoms with Gasteiger partial charge in [0.1, 0.15) is 5.76 Å². The van der Waals surface area contributed by atoms with Crippen molar-refractivity contribution in [2.75, 3.05) is 0 Å². The molecule has 1 heteroatoms. The average molecular weight is 417 g/mol. The number of benzene rings is 2. The maximum Gasteiger partial charge on any atom is 0.107 e. The molecule has 31 heavy (non-hydrogen) atoms. The number of ether oxygens (including phenoxy) is 1. The molecule has 0 heterocycles. The van der Waals surface area contributed by atoms with Gasteiger partial charge in [0.15, 0.2) is 0 Å². The highest BCUT2D eigenvalue weighted by molar-refractivity contribution is 5.38. The molecule has 0 aromatic heterocycles. The van der Waals surface area contributed by atoms with Crippen molar-refractivity contribution in [2.24, 2.45) is 5.92 Å². The number of rotatable bonds is 5. The van der Waals surface area contributed by atoms with E-state index in [0.29, 0.717) is 0 Å². The first-order valence-electron chi connectivity index (χ1n) is 11.4. The van der Waals surface area contributed by atoms with Gasteiger partial charge in [-0.1, -0.05) is 88.9 Å². The summed E-state index contributed by atoms with van der Waals surface area (Å²) in [5.74, 6) is 5.66. The fraction of sp³-hybridized carbons (Fsp3) is 0.400. The van der Waals surface area contributed by atoms with Crippen LogP contribution in [0.1, 0.15) is 81.5 Å². The Morgan fingerprint density at radius 1 is 1.16 bits per heavy atom. The van der Waals surface area contributed by atoms with E-state index in [2.05, 4.69) is 77.5 Å². The van der Waals surface area contributed by atoms with E-state index in [9.17, 15) is 0 Å². The number of allylic oxidation sites excluding steroid dienone is 3. The summed E-state index contributed by atoms with van der Waals surface area (Å²) < 4.78 is 5.67. The van der Waals surface area contributed by atoms with Crippen LogP contribution in [0.4, 0.5) is 0 Å². The highest BCUT2D eigenvalue weighted by Crippen LogP contribution is 2.26. The van der Waals surface area contributed by atoms with Crippen molar-refractivity contribution < 1.29 is 4.74 Å². The summed E-state index contributed by atoms with van der Waals surface area (Å²) in [5, 5.41) is 0. The summed E-state index contributed by atoms with van der Waals surface area (Å²) in [6.45, 7) is 16.4. The molecular weight excluding hydrogens is 376 g/mol. The van der Waals surface area contributed by atoms with Crippen molar-refractivity contribution >= 4 is 0 Å². The lowest BCUT2D eigenvalue weighted by molar-refractivity contribution is 0.283. The van der Waals surface area contributed by atoms with Gasteiger partial charge in [0.2, 0.25) is 0 Å². The van der Waals surface area contributed by atoms with Crippen molar-refractivity contribution in [3.05, 3.63) is 95.0 Å². The van der Waals surface area contributed by atoms with Gasteiger partial charge in [-0.25, -0.2) is 0 Å². The maximum absolute atomic E-state index is 5.67. The molecule has 1 nitrogen and oxygen atoms in total. The summed E-state index contributed by atoms with van der Waals surface area (Å²) in [7, 11) is 0. The predicted octanol–water partition coefficient (Wildman–Crippen LogP) is 8.73. The average Bonchev–Trinajstić information content (AvgIpc) is 2.74. The molecule has 1 saturated carbocycles. The van der Waals surface area contributed by atoms with Crippen molar-refractivity contribution in [3.63, 3.8) is 0 Å². The van der Waals surface area contributed by atoms with Gasteiger partial charge in [0.05, 0.1) is 5.76 Å². The number of hydrogen-bond acceptors (Lipinski definition) is 1. The van der Waals surface area contributed by atoms with Gasteiger partial charge in [-0.3, -0.25) is 0 Å². The Bertz CT molecular complexity index is 863. The number of hydrogen-bond donors (Lipinski definition) is 0. The topological polar surface area (TPSA) is 9.23 Å².